The summed E-state index contributed by atoms with van der Waals surface area (Å²) < 4.78 is 29.8. The minimum Gasteiger partial charge on any atom is -0.411 e. The van der Waals surface area contributed by atoms with Gasteiger partial charge in [0.05, 0.1) is 17.3 Å². The zero-order chi connectivity index (χ0) is 22.7. The number of nitrogens with zero attached hydrogens (tertiary/aromatic N) is 3. The molecule has 1 aromatic heterocycles. The van der Waals surface area contributed by atoms with Crippen molar-refractivity contribution in [3.63, 3.8) is 0 Å². The van der Waals surface area contributed by atoms with Gasteiger partial charge in [-0.05, 0) is 38.0 Å². The summed E-state index contributed by atoms with van der Waals surface area (Å²) in [5.74, 6) is 0.486. The maximum absolute atomic E-state index is 13.1. The lowest BCUT2D eigenvalue weighted by atomic mass is 10.1. The monoisotopic (exact) mass is 471 g/mol. The molecule has 3 aromatic rings. The number of hydrogen-bond acceptors (Lipinski definition) is 7. The number of thioether (sulfide) groups is 1. The third kappa shape index (κ3) is 5.58. The lowest BCUT2D eigenvalue weighted by Crippen LogP contribution is -2.41. The predicted molar refractivity (Wildman–Crippen MR) is 124 cm³/mol. The zero-order valence-corrected chi connectivity index (χ0v) is 19.7. The molecule has 1 amide bonds. The Kier molecular flexibility index (Phi) is 6.66. The van der Waals surface area contributed by atoms with Gasteiger partial charge in [0.2, 0.25) is 11.8 Å². The third-order valence-corrected chi connectivity index (χ3v) is 7.91. The van der Waals surface area contributed by atoms with Crippen molar-refractivity contribution in [3.05, 3.63) is 65.2 Å². The second-order valence-corrected chi connectivity index (χ2v) is 11.3. The van der Waals surface area contributed by atoms with E-state index in [4.69, 9.17) is 4.42 Å². The molecular weight excluding hydrogens is 446 g/mol. The van der Waals surface area contributed by atoms with E-state index in [0.29, 0.717) is 24.1 Å². The van der Waals surface area contributed by atoms with E-state index in [2.05, 4.69) is 16.3 Å². The largest absolute Gasteiger partial charge is 0.411 e. The van der Waals surface area contributed by atoms with Gasteiger partial charge in [0, 0.05) is 18.2 Å². The van der Waals surface area contributed by atoms with Gasteiger partial charge < -0.3 is 9.32 Å². The van der Waals surface area contributed by atoms with Gasteiger partial charge in [-0.1, -0.05) is 59.3 Å². The van der Waals surface area contributed by atoms with Crippen LogP contribution in [0.4, 0.5) is 0 Å². The maximum atomic E-state index is 13.1. The van der Waals surface area contributed by atoms with Gasteiger partial charge in [-0.15, -0.1) is 10.2 Å². The van der Waals surface area contributed by atoms with Crippen molar-refractivity contribution in [1.82, 2.24) is 15.1 Å². The van der Waals surface area contributed by atoms with Crippen LogP contribution in [0.2, 0.25) is 0 Å². The third-order valence-electron chi connectivity index (χ3n) is 5.36. The van der Waals surface area contributed by atoms with Crippen molar-refractivity contribution in [2.75, 3.05) is 17.3 Å². The lowest BCUT2D eigenvalue weighted by molar-refractivity contribution is -0.130. The van der Waals surface area contributed by atoms with Crippen molar-refractivity contribution < 1.29 is 17.6 Å². The van der Waals surface area contributed by atoms with Crippen molar-refractivity contribution in [2.45, 2.75) is 38.1 Å². The Morgan fingerprint density at radius 2 is 1.84 bits per heavy atom. The highest BCUT2D eigenvalue weighted by Gasteiger charge is 2.34. The van der Waals surface area contributed by atoms with Crippen LogP contribution in [0.5, 0.6) is 0 Å². The van der Waals surface area contributed by atoms with E-state index in [0.717, 1.165) is 22.3 Å². The molecule has 0 aliphatic carbocycles. The SMILES string of the molecule is Cc1cc(C)cc(-c2nnc(SCC(=O)N(Cc3ccccc3)[C@H]3CCS(=O)(=O)C3)o2)c1. The highest BCUT2D eigenvalue weighted by molar-refractivity contribution is 7.99. The van der Waals surface area contributed by atoms with Crippen molar-refractivity contribution >= 4 is 27.5 Å². The fraction of sp³-hybridized carbons (Fsp3) is 0.348. The van der Waals surface area contributed by atoms with Crippen LogP contribution in [0.3, 0.4) is 0 Å². The van der Waals surface area contributed by atoms with Gasteiger partial charge in [0.25, 0.3) is 5.22 Å². The topological polar surface area (TPSA) is 93.4 Å². The maximum Gasteiger partial charge on any atom is 0.277 e. The van der Waals surface area contributed by atoms with Crippen LogP contribution in [0.1, 0.15) is 23.1 Å². The highest BCUT2D eigenvalue weighted by atomic mass is 32.2. The Bertz CT molecular complexity index is 1190. The standard InChI is InChI=1S/C23H25N3O4S2/c1-16-10-17(2)12-19(11-16)22-24-25-23(30-22)31-14-21(27)26(13-18-6-4-3-5-7-18)20-8-9-32(28,29)15-20/h3-7,10-12,20H,8-9,13-15H2,1-2H3/t20-/m0/s1. The highest BCUT2D eigenvalue weighted by Crippen LogP contribution is 2.26. The number of rotatable bonds is 7. The van der Waals surface area contributed by atoms with Crippen molar-refractivity contribution in [1.29, 1.82) is 0 Å². The average molecular weight is 472 g/mol. The van der Waals surface area contributed by atoms with Crippen molar-refractivity contribution in [2.24, 2.45) is 0 Å². The number of carbonyl (C=O) groups is 1. The molecule has 0 saturated carbocycles. The van der Waals surface area contributed by atoms with Gasteiger partial charge in [0.15, 0.2) is 9.84 Å². The summed E-state index contributed by atoms with van der Waals surface area (Å²) in [6.45, 7) is 4.38. The van der Waals surface area contributed by atoms with E-state index >= 15 is 0 Å². The first-order chi connectivity index (χ1) is 15.3. The first kappa shape index (κ1) is 22.5. The van der Waals surface area contributed by atoms with Crippen LogP contribution < -0.4 is 0 Å². The van der Waals surface area contributed by atoms with Crippen molar-refractivity contribution in [3.8, 4) is 11.5 Å². The fourth-order valence-corrected chi connectivity index (χ4v) is 6.29. The first-order valence-corrected chi connectivity index (χ1v) is 13.2. The molecule has 1 fully saturated rings. The number of amides is 1. The van der Waals surface area contributed by atoms with Gasteiger partial charge >= 0.3 is 0 Å². The number of aryl methyl sites for hydroxylation is 2. The molecule has 1 aliphatic rings. The molecule has 0 spiro atoms. The first-order valence-electron chi connectivity index (χ1n) is 10.4. The Balaban J connectivity index is 1.46. The summed E-state index contributed by atoms with van der Waals surface area (Å²) in [6.07, 6.45) is 0.461. The van der Waals surface area contributed by atoms with E-state index < -0.39 is 9.84 Å². The zero-order valence-electron chi connectivity index (χ0n) is 18.0. The lowest BCUT2D eigenvalue weighted by Gasteiger charge is -2.28. The van der Waals surface area contributed by atoms with E-state index in [1.54, 1.807) is 4.90 Å². The molecule has 0 bridgehead atoms. The van der Waals surface area contributed by atoms with Crippen LogP contribution >= 0.6 is 11.8 Å². The smallest absolute Gasteiger partial charge is 0.277 e. The summed E-state index contributed by atoms with van der Waals surface area (Å²) in [5, 5.41) is 8.49. The van der Waals surface area contributed by atoms with Gasteiger partial charge in [-0.3, -0.25) is 4.79 Å². The molecule has 2 heterocycles. The van der Waals surface area contributed by atoms with Crippen LogP contribution in [0.15, 0.2) is 58.2 Å². The van der Waals surface area contributed by atoms with Gasteiger partial charge in [-0.25, -0.2) is 8.42 Å². The molecule has 168 valence electrons. The molecule has 1 saturated heterocycles. The molecule has 2 aromatic carbocycles. The Morgan fingerprint density at radius 3 is 2.50 bits per heavy atom. The van der Waals surface area contributed by atoms with Gasteiger partial charge in [-0.2, -0.15) is 0 Å². The minimum absolute atomic E-state index is 0.00759. The molecule has 1 atom stereocenters. The Labute approximate surface area is 192 Å². The number of benzene rings is 2. The van der Waals surface area contributed by atoms with Gasteiger partial charge in [0.1, 0.15) is 0 Å². The summed E-state index contributed by atoms with van der Waals surface area (Å²) in [7, 11) is -3.11. The molecule has 9 heteroatoms. The molecule has 7 nitrogen and oxygen atoms in total. The molecular formula is C23H25N3O4S2. The summed E-state index contributed by atoms with van der Waals surface area (Å²) in [5.41, 5.74) is 4.01. The molecule has 0 unspecified atom stereocenters. The summed E-state index contributed by atoms with van der Waals surface area (Å²) >= 11 is 1.17. The molecule has 1 aliphatic heterocycles. The number of aromatic nitrogens is 2. The molecule has 0 N–H and O–H groups in total. The summed E-state index contributed by atoms with van der Waals surface area (Å²) in [4.78, 5) is 14.8. The van der Waals surface area contributed by atoms with Crippen LogP contribution in [0, 0.1) is 13.8 Å². The van der Waals surface area contributed by atoms with E-state index in [-0.39, 0.29) is 29.2 Å². The molecule has 32 heavy (non-hydrogen) atoms. The minimum atomic E-state index is -3.11. The number of sulfone groups is 1. The second kappa shape index (κ2) is 9.46. The molecule has 0 radical (unpaired) electrons. The quantitative estimate of drug-likeness (QED) is 0.486. The average Bonchev–Trinajstić information content (AvgIpc) is 3.36. The fourth-order valence-electron chi connectivity index (χ4n) is 3.91. The van der Waals surface area contributed by atoms with E-state index in [1.807, 2.05) is 56.3 Å². The van der Waals surface area contributed by atoms with Crippen LogP contribution in [-0.4, -0.2) is 52.7 Å². The predicted octanol–water partition coefficient (Wildman–Crippen LogP) is 3.66. The van der Waals surface area contributed by atoms with Crippen LogP contribution in [0.25, 0.3) is 11.5 Å². The Hall–Kier alpha value is -2.65. The molecule has 4 rings (SSSR count). The number of carbonyl (C=O) groups excluding carboxylic acids is 1. The van der Waals surface area contributed by atoms with E-state index in [9.17, 15) is 13.2 Å². The Morgan fingerprint density at radius 1 is 1.12 bits per heavy atom. The number of hydrogen-bond donors (Lipinski definition) is 0. The van der Waals surface area contributed by atoms with E-state index in [1.165, 1.54) is 11.8 Å². The second-order valence-electron chi connectivity index (χ2n) is 8.10. The van der Waals surface area contributed by atoms with Crippen LogP contribution in [-0.2, 0) is 21.2 Å². The normalized spacial score (nSPS) is 17.4. The summed E-state index contributed by atoms with van der Waals surface area (Å²) in [6, 6.07) is 15.3.